The lowest BCUT2D eigenvalue weighted by atomic mass is 9.79. The molecule has 0 unspecified atom stereocenters. The SMILES string of the molecule is CCc1c(C(C)(C)C)ccc(-c2c(N)ccc3c2Cc2ccccc2-3)c1C. The van der Waals surface area contributed by atoms with Gasteiger partial charge in [0.25, 0.3) is 0 Å². The summed E-state index contributed by atoms with van der Waals surface area (Å²) < 4.78 is 0. The Morgan fingerprint density at radius 1 is 0.889 bits per heavy atom. The zero-order valence-corrected chi connectivity index (χ0v) is 17.1. The first kappa shape index (κ1) is 17.9. The lowest BCUT2D eigenvalue weighted by Crippen LogP contribution is -2.15. The third-order valence-electron chi connectivity index (χ3n) is 6.05. The van der Waals surface area contributed by atoms with Gasteiger partial charge in [0.1, 0.15) is 0 Å². The van der Waals surface area contributed by atoms with Crippen LogP contribution in [0.15, 0.2) is 48.5 Å². The number of benzene rings is 3. The lowest BCUT2D eigenvalue weighted by molar-refractivity contribution is 0.582. The van der Waals surface area contributed by atoms with E-state index in [1.165, 1.54) is 50.1 Å². The summed E-state index contributed by atoms with van der Waals surface area (Å²) in [4.78, 5) is 0. The number of rotatable bonds is 2. The highest BCUT2D eigenvalue weighted by Gasteiger charge is 2.26. The van der Waals surface area contributed by atoms with Crippen molar-refractivity contribution in [3.05, 3.63) is 76.3 Å². The molecule has 0 saturated carbocycles. The fourth-order valence-corrected chi connectivity index (χ4v) is 4.73. The number of hydrogen-bond acceptors (Lipinski definition) is 1. The van der Waals surface area contributed by atoms with E-state index in [1.54, 1.807) is 0 Å². The van der Waals surface area contributed by atoms with E-state index in [4.69, 9.17) is 5.73 Å². The normalized spacial score (nSPS) is 12.8. The quantitative estimate of drug-likeness (QED) is 0.399. The van der Waals surface area contributed by atoms with Crippen molar-refractivity contribution in [3.63, 3.8) is 0 Å². The van der Waals surface area contributed by atoms with Gasteiger partial charge in [0, 0.05) is 11.3 Å². The van der Waals surface area contributed by atoms with Crippen molar-refractivity contribution < 1.29 is 0 Å². The van der Waals surface area contributed by atoms with Crippen LogP contribution < -0.4 is 5.73 Å². The average molecular weight is 356 g/mol. The smallest absolute Gasteiger partial charge is 0.0397 e. The van der Waals surface area contributed by atoms with Crippen LogP contribution in [0.4, 0.5) is 5.69 Å². The van der Waals surface area contributed by atoms with Gasteiger partial charge in [-0.1, -0.05) is 70.2 Å². The van der Waals surface area contributed by atoms with E-state index in [9.17, 15) is 0 Å². The molecule has 0 bridgehead atoms. The van der Waals surface area contributed by atoms with Gasteiger partial charge in [0.15, 0.2) is 0 Å². The second-order valence-corrected chi connectivity index (χ2v) is 8.76. The Balaban J connectivity index is 1.97. The van der Waals surface area contributed by atoms with Gasteiger partial charge in [-0.25, -0.2) is 0 Å². The van der Waals surface area contributed by atoms with E-state index < -0.39 is 0 Å². The van der Waals surface area contributed by atoms with Crippen molar-refractivity contribution in [1.82, 2.24) is 0 Å². The fourth-order valence-electron chi connectivity index (χ4n) is 4.73. The van der Waals surface area contributed by atoms with Crippen molar-refractivity contribution in [2.24, 2.45) is 0 Å². The maximum atomic E-state index is 6.54. The van der Waals surface area contributed by atoms with Crippen LogP contribution in [0, 0.1) is 6.92 Å². The van der Waals surface area contributed by atoms with Crippen molar-refractivity contribution in [2.75, 3.05) is 5.73 Å². The van der Waals surface area contributed by atoms with Crippen LogP contribution >= 0.6 is 0 Å². The van der Waals surface area contributed by atoms with Crippen molar-refractivity contribution in [3.8, 4) is 22.3 Å². The molecule has 3 aromatic carbocycles. The van der Waals surface area contributed by atoms with Crippen molar-refractivity contribution in [1.29, 1.82) is 0 Å². The van der Waals surface area contributed by atoms with E-state index >= 15 is 0 Å². The topological polar surface area (TPSA) is 26.0 Å². The predicted molar refractivity (Wildman–Crippen MR) is 117 cm³/mol. The zero-order chi connectivity index (χ0) is 19.3. The zero-order valence-electron chi connectivity index (χ0n) is 17.1. The van der Waals surface area contributed by atoms with Gasteiger partial charge >= 0.3 is 0 Å². The van der Waals surface area contributed by atoms with Gasteiger partial charge in [-0.3, -0.25) is 0 Å². The fraction of sp³-hybridized carbons (Fsp3) is 0.308. The Bertz CT molecular complexity index is 1030. The minimum Gasteiger partial charge on any atom is -0.398 e. The summed E-state index contributed by atoms with van der Waals surface area (Å²) in [7, 11) is 0. The predicted octanol–water partition coefficient (Wildman–Crippen LogP) is 6.68. The second-order valence-electron chi connectivity index (χ2n) is 8.76. The molecular formula is C26H29N. The van der Waals surface area contributed by atoms with Gasteiger partial charge in [0.05, 0.1) is 0 Å². The molecule has 0 saturated heterocycles. The Hall–Kier alpha value is -2.54. The molecule has 0 radical (unpaired) electrons. The minimum atomic E-state index is 0.148. The molecule has 0 heterocycles. The van der Waals surface area contributed by atoms with Gasteiger partial charge in [-0.05, 0) is 75.8 Å². The molecule has 4 rings (SSSR count). The molecule has 3 aromatic rings. The largest absolute Gasteiger partial charge is 0.398 e. The number of nitrogens with two attached hydrogens (primary N) is 1. The number of hydrogen-bond donors (Lipinski definition) is 1. The molecular weight excluding hydrogens is 326 g/mol. The summed E-state index contributed by atoms with van der Waals surface area (Å²) in [5, 5.41) is 0. The molecule has 138 valence electrons. The third-order valence-corrected chi connectivity index (χ3v) is 6.05. The molecule has 0 atom stereocenters. The van der Waals surface area contributed by atoms with Crippen LogP contribution in [0.3, 0.4) is 0 Å². The molecule has 1 aliphatic rings. The monoisotopic (exact) mass is 355 g/mol. The molecule has 1 aliphatic carbocycles. The standard InChI is InChI=1S/C26H29N/c1-6-18-16(2)19(11-13-23(18)26(3,4)5)25-22-15-17-9-7-8-10-20(17)21(22)12-14-24(25)27/h7-14H,6,15,27H2,1-5H3. The summed E-state index contributed by atoms with van der Waals surface area (Å²) in [6.07, 6.45) is 2.01. The Kier molecular flexibility index (Phi) is 4.14. The third kappa shape index (κ3) is 2.77. The highest BCUT2D eigenvalue weighted by atomic mass is 14.6. The summed E-state index contributed by atoms with van der Waals surface area (Å²) in [5.74, 6) is 0. The van der Waals surface area contributed by atoms with E-state index in [1.807, 2.05) is 0 Å². The highest BCUT2D eigenvalue weighted by molar-refractivity contribution is 5.91. The van der Waals surface area contributed by atoms with E-state index in [0.29, 0.717) is 0 Å². The maximum absolute atomic E-state index is 6.54. The number of fused-ring (bicyclic) bond motifs is 3. The van der Waals surface area contributed by atoms with Gasteiger partial charge in [-0.2, -0.15) is 0 Å². The van der Waals surface area contributed by atoms with Crippen molar-refractivity contribution in [2.45, 2.75) is 52.9 Å². The van der Waals surface area contributed by atoms with Crippen LogP contribution in [-0.4, -0.2) is 0 Å². The molecule has 2 N–H and O–H groups in total. The van der Waals surface area contributed by atoms with Gasteiger partial charge in [-0.15, -0.1) is 0 Å². The number of nitrogen functional groups attached to an aromatic ring is 1. The molecule has 0 amide bonds. The summed E-state index contributed by atoms with van der Waals surface area (Å²) in [6, 6.07) is 17.6. The lowest BCUT2D eigenvalue weighted by Gasteiger charge is -2.26. The molecule has 0 aromatic heterocycles. The van der Waals surface area contributed by atoms with Gasteiger partial charge < -0.3 is 5.73 Å². The maximum Gasteiger partial charge on any atom is 0.0397 e. The summed E-state index contributed by atoms with van der Waals surface area (Å²) >= 11 is 0. The van der Waals surface area contributed by atoms with E-state index in [2.05, 4.69) is 83.1 Å². The molecule has 0 spiro atoms. The van der Waals surface area contributed by atoms with Gasteiger partial charge in [0.2, 0.25) is 0 Å². The first-order valence-electron chi connectivity index (χ1n) is 9.96. The average Bonchev–Trinajstić information content (AvgIpc) is 2.99. The summed E-state index contributed by atoms with van der Waals surface area (Å²) in [5.41, 5.74) is 19.9. The van der Waals surface area contributed by atoms with Crippen LogP contribution in [0.25, 0.3) is 22.3 Å². The highest BCUT2D eigenvalue weighted by Crippen LogP contribution is 2.45. The summed E-state index contributed by atoms with van der Waals surface area (Å²) in [6.45, 7) is 11.4. The Morgan fingerprint density at radius 3 is 2.30 bits per heavy atom. The second kappa shape index (κ2) is 6.27. The molecule has 27 heavy (non-hydrogen) atoms. The molecule has 0 fully saturated rings. The first-order chi connectivity index (χ1) is 12.8. The van der Waals surface area contributed by atoms with Crippen LogP contribution in [-0.2, 0) is 18.3 Å². The first-order valence-corrected chi connectivity index (χ1v) is 9.96. The Morgan fingerprint density at radius 2 is 1.59 bits per heavy atom. The Labute approximate surface area is 163 Å². The molecule has 1 heteroatoms. The van der Waals surface area contributed by atoms with Crippen LogP contribution in [0.5, 0.6) is 0 Å². The van der Waals surface area contributed by atoms with E-state index in [-0.39, 0.29) is 5.41 Å². The van der Waals surface area contributed by atoms with Crippen LogP contribution in [0.2, 0.25) is 0 Å². The van der Waals surface area contributed by atoms with Crippen LogP contribution in [0.1, 0.15) is 55.5 Å². The van der Waals surface area contributed by atoms with Crippen molar-refractivity contribution >= 4 is 5.69 Å². The number of anilines is 1. The molecule has 1 nitrogen and oxygen atoms in total. The minimum absolute atomic E-state index is 0.148. The van der Waals surface area contributed by atoms with E-state index in [0.717, 1.165) is 18.5 Å². The molecule has 0 aliphatic heterocycles.